The average molecular weight is 470 g/mol. The van der Waals surface area contributed by atoms with Crippen molar-refractivity contribution in [3.63, 3.8) is 0 Å². The first kappa shape index (κ1) is 22.2. The largest absolute Gasteiger partial charge is 0.343 e. The van der Waals surface area contributed by atoms with Gasteiger partial charge in [0.15, 0.2) is 5.13 Å². The lowest BCUT2D eigenvalue weighted by Gasteiger charge is -2.29. The minimum atomic E-state index is -0.212. The molecular weight excluding hydrogens is 446 g/mol. The Morgan fingerprint density at radius 3 is 2.56 bits per heavy atom. The first-order valence-corrected chi connectivity index (χ1v) is 11.6. The van der Waals surface area contributed by atoms with Gasteiger partial charge in [0.05, 0.1) is 0 Å². The van der Waals surface area contributed by atoms with Crippen LogP contribution in [0.4, 0.5) is 16.6 Å². The molecule has 1 aromatic carbocycles. The lowest BCUT2D eigenvalue weighted by atomic mass is 9.96. The zero-order chi connectivity index (χ0) is 22.7. The van der Waals surface area contributed by atoms with Crippen LogP contribution in [0.15, 0.2) is 48.6 Å². The van der Waals surface area contributed by atoms with E-state index >= 15 is 0 Å². The van der Waals surface area contributed by atoms with Crippen LogP contribution in [0, 0.1) is 5.92 Å². The SMILES string of the molecule is CC(=O)N1CCC(/C=C/C(=O)Nc2nc3ccc(N(C)c4ccc(Cl)cc4)nc3s2)CC1. The third-order valence-electron chi connectivity index (χ3n) is 5.53. The van der Waals surface area contributed by atoms with Gasteiger partial charge in [-0.05, 0) is 61.2 Å². The highest BCUT2D eigenvalue weighted by Crippen LogP contribution is 2.29. The van der Waals surface area contributed by atoms with Gasteiger partial charge in [-0.2, -0.15) is 0 Å². The average Bonchev–Trinajstić information content (AvgIpc) is 3.19. The minimum Gasteiger partial charge on any atom is -0.343 e. The van der Waals surface area contributed by atoms with Gasteiger partial charge in [0.2, 0.25) is 11.8 Å². The van der Waals surface area contributed by atoms with Gasteiger partial charge in [-0.3, -0.25) is 14.9 Å². The quantitative estimate of drug-likeness (QED) is 0.539. The summed E-state index contributed by atoms with van der Waals surface area (Å²) in [4.78, 5) is 37.5. The Bertz CT molecular complexity index is 1150. The summed E-state index contributed by atoms with van der Waals surface area (Å²) < 4.78 is 0. The summed E-state index contributed by atoms with van der Waals surface area (Å²) in [7, 11) is 1.94. The highest BCUT2D eigenvalue weighted by Gasteiger charge is 2.19. The Morgan fingerprint density at radius 2 is 1.88 bits per heavy atom. The molecule has 1 aliphatic rings. The van der Waals surface area contributed by atoms with Gasteiger partial charge >= 0.3 is 0 Å². The minimum absolute atomic E-state index is 0.108. The van der Waals surface area contributed by atoms with E-state index < -0.39 is 0 Å². The molecule has 3 heterocycles. The van der Waals surface area contributed by atoms with Crippen molar-refractivity contribution in [1.82, 2.24) is 14.9 Å². The number of rotatable bonds is 5. The summed E-state index contributed by atoms with van der Waals surface area (Å²) in [5, 5.41) is 4.03. The smallest absolute Gasteiger partial charge is 0.249 e. The number of benzene rings is 1. The van der Waals surface area contributed by atoms with E-state index in [2.05, 4.69) is 10.3 Å². The Labute approximate surface area is 195 Å². The highest BCUT2D eigenvalue weighted by molar-refractivity contribution is 7.22. The monoisotopic (exact) mass is 469 g/mol. The summed E-state index contributed by atoms with van der Waals surface area (Å²) in [6.45, 7) is 3.07. The molecule has 0 radical (unpaired) electrons. The van der Waals surface area contributed by atoms with Crippen molar-refractivity contribution in [3.05, 3.63) is 53.6 Å². The zero-order valence-electron chi connectivity index (χ0n) is 17.9. The second kappa shape index (κ2) is 9.67. The molecule has 0 unspecified atom stereocenters. The van der Waals surface area contributed by atoms with E-state index in [1.165, 1.54) is 11.3 Å². The number of amides is 2. The molecule has 1 saturated heterocycles. The number of piperidine rings is 1. The molecule has 1 aliphatic heterocycles. The Hall–Kier alpha value is -2.97. The van der Waals surface area contributed by atoms with E-state index in [1.807, 2.05) is 59.3 Å². The lowest BCUT2D eigenvalue weighted by Crippen LogP contribution is -2.36. The van der Waals surface area contributed by atoms with Crippen LogP contribution in [0.5, 0.6) is 0 Å². The van der Waals surface area contributed by atoms with Gasteiger partial charge in [-0.1, -0.05) is 29.0 Å². The van der Waals surface area contributed by atoms with Crippen molar-refractivity contribution in [1.29, 1.82) is 0 Å². The number of nitrogens with zero attached hydrogens (tertiary/aromatic N) is 4. The predicted molar refractivity (Wildman–Crippen MR) is 130 cm³/mol. The first-order chi connectivity index (χ1) is 15.4. The van der Waals surface area contributed by atoms with Crippen molar-refractivity contribution in [3.8, 4) is 0 Å². The molecule has 2 amide bonds. The maximum Gasteiger partial charge on any atom is 0.249 e. The second-order valence-electron chi connectivity index (χ2n) is 7.74. The number of thiazole rings is 1. The van der Waals surface area contributed by atoms with Crippen LogP contribution in [0.2, 0.25) is 5.02 Å². The molecule has 166 valence electrons. The van der Waals surface area contributed by atoms with Gasteiger partial charge in [0.1, 0.15) is 16.2 Å². The number of allylic oxidation sites excluding steroid dienone is 1. The molecule has 0 saturated carbocycles. The number of likely N-dealkylation sites (tertiary alicyclic amines) is 1. The Morgan fingerprint density at radius 1 is 1.16 bits per heavy atom. The molecule has 9 heteroatoms. The van der Waals surface area contributed by atoms with Gasteiger partial charge < -0.3 is 9.80 Å². The number of hydrogen-bond acceptors (Lipinski definition) is 6. The van der Waals surface area contributed by atoms with E-state index in [0.29, 0.717) is 16.1 Å². The fraction of sp³-hybridized carbons (Fsp3) is 0.304. The van der Waals surface area contributed by atoms with Crippen LogP contribution in [0.1, 0.15) is 19.8 Å². The van der Waals surface area contributed by atoms with Crippen molar-refractivity contribution in [2.24, 2.45) is 5.92 Å². The topological polar surface area (TPSA) is 78.4 Å². The van der Waals surface area contributed by atoms with E-state index in [0.717, 1.165) is 47.8 Å². The number of fused-ring (bicyclic) bond motifs is 1. The van der Waals surface area contributed by atoms with E-state index in [-0.39, 0.29) is 11.8 Å². The summed E-state index contributed by atoms with van der Waals surface area (Å²) in [6, 6.07) is 11.3. The molecule has 1 fully saturated rings. The number of aromatic nitrogens is 2. The van der Waals surface area contributed by atoms with Crippen molar-refractivity contribution in [2.45, 2.75) is 19.8 Å². The number of nitrogens with one attached hydrogen (secondary N) is 1. The third kappa shape index (κ3) is 5.26. The first-order valence-electron chi connectivity index (χ1n) is 10.4. The molecular formula is C23H24ClN5O2S. The van der Waals surface area contributed by atoms with Gasteiger partial charge in [0.25, 0.3) is 0 Å². The predicted octanol–water partition coefficient (Wildman–Crippen LogP) is 4.87. The standard InChI is InChI=1S/C23H24ClN5O2S/c1-15(30)29-13-11-16(12-14-29)3-10-21(31)27-23-25-19-8-9-20(26-22(19)32-23)28(2)18-6-4-17(24)5-7-18/h3-10,16H,11-14H2,1-2H3,(H,25,27,31)/b10-3+. The summed E-state index contributed by atoms with van der Waals surface area (Å²) in [5.41, 5.74) is 1.71. The summed E-state index contributed by atoms with van der Waals surface area (Å²) >= 11 is 7.31. The van der Waals surface area contributed by atoms with Crippen molar-refractivity contribution < 1.29 is 9.59 Å². The van der Waals surface area contributed by atoms with Crippen molar-refractivity contribution >= 4 is 61.7 Å². The van der Waals surface area contributed by atoms with Crippen LogP contribution in [0.25, 0.3) is 10.3 Å². The van der Waals surface area contributed by atoms with Gasteiger partial charge in [-0.25, -0.2) is 9.97 Å². The Kier molecular flexibility index (Phi) is 6.72. The number of pyridine rings is 1. The molecule has 32 heavy (non-hydrogen) atoms. The fourth-order valence-electron chi connectivity index (χ4n) is 3.62. The molecule has 3 aromatic rings. The van der Waals surface area contributed by atoms with Crippen LogP contribution < -0.4 is 10.2 Å². The number of carbonyl (C=O) groups excluding carboxylic acids is 2. The van der Waals surface area contributed by atoms with Crippen LogP contribution in [-0.4, -0.2) is 46.8 Å². The van der Waals surface area contributed by atoms with Gasteiger partial charge in [0, 0.05) is 37.8 Å². The fourth-order valence-corrected chi connectivity index (χ4v) is 4.58. The lowest BCUT2D eigenvalue weighted by molar-refractivity contribution is -0.130. The highest BCUT2D eigenvalue weighted by atomic mass is 35.5. The molecule has 0 aliphatic carbocycles. The summed E-state index contributed by atoms with van der Waals surface area (Å²) in [5.74, 6) is 0.978. The molecule has 2 aromatic heterocycles. The summed E-state index contributed by atoms with van der Waals surface area (Å²) in [6.07, 6.45) is 5.24. The van der Waals surface area contributed by atoms with Crippen molar-refractivity contribution in [2.75, 3.05) is 30.4 Å². The number of hydrogen-bond donors (Lipinski definition) is 1. The zero-order valence-corrected chi connectivity index (χ0v) is 19.5. The van der Waals surface area contributed by atoms with Gasteiger partial charge in [-0.15, -0.1) is 0 Å². The van der Waals surface area contributed by atoms with Crippen LogP contribution in [0.3, 0.4) is 0 Å². The van der Waals surface area contributed by atoms with E-state index in [9.17, 15) is 9.59 Å². The maximum absolute atomic E-state index is 12.4. The third-order valence-corrected chi connectivity index (χ3v) is 6.67. The number of halogens is 1. The van der Waals surface area contributed by atoms with Crippen LogP contribution >= 0.6 is 22.9 Å². The van der Waals surface area contributed by atoms with Crippen LogP contribution in [-0.2, 0) is 9.59 Å². The second-order valence-corrected chi connectivity index (χ2v) is 9.15. The molecule has 0 atom stereocenters. The Balaban J connectivity index is 1.39. The number of carbonyl (C=O) groups is 2. The van der Waals surface area contributed by atoms with E-state index in [1.54, 1.807) is 13.0 Å². The molecule has 0 bridgehead atoms. The maximum atomic E-state index is 12.4. The molecule has 7 nitrogen and oxygen atoms in total. The molecule has 4 rings (SSSR count). The molecule has 0 spiro atoms. The number of anilines is 3. The van der Waals surface area contributed by atoms with E-state index in [4.69, 9.17) is 16.6 Å². The normalized spacial score (nSPS) is 14.8. The molecule has 1 N–H and O–H groups in total.